The Balaban J connectivity index is 1.87. The van der Waals surface area contributed by atoms with E-state index in [1.165, 1.54) is 6.42 Å². The van der Waals surface area contributed by atoms with Crippen molar-refractivity contribution in [1.29, 1.82) is 0 Å². The van der Waals surface area contributed by atoms with Gasteiger partial charge in [0.2, 0.25) is 0 Å². The number of hydrogen-bond donors (Lipinski definition) is 2. The SMILES string of the molecule is CC1CC(CN)(NN2CCN(C)CC2)CS1. The van der Waals surface area contributed by atoms with Gasteiger partial charge in [0.05, 0.1) is 5.54 Å². The maximum absolute atomic E-state index is 5.96. The van der Waals surface area contributed by atoms with E-state index in [0.29, 0.717) is 0 Å². The van der Waals surface area contributed by atoms with Crippen LogP contribution in [0.25, 0.3) is 0 Å². The summed E-state index contributed by atoms with van der Waals surface area (Å²) in [5.41, 5.74) is 9.81. The minimum absolute atomic E-state index is 0.153. The van der Waals surface area contributed by atoms with E-state index in [2.05, 4.69) is 29.3 Å². The molecule has 3 N–H and O–H groups in total. The Bertz CT molecular complexity index is 230. The van der Waals surface area contributed by atoms with E-state index in [9.17, 15) is 0 Å². The predicted octanol–water partition coefficient (Wildman–Crippen LogP) is -0.0387. The fourth-order valence-electron chi connectivity index (χ4n) is 2.49. The molecular formula is C11H24N4S. The number of nitrogens with two attached hydrogens (primary N) is 1. The highest BCUT2D eigenvalue weighted by molar-refractivity contribution is 8.00. The lowest BCUT2D eigenvalue weighted by Crippen LogP contribution is -2.62. The molecule has 2 heterocycles. The van der Waals surface area contributed by atoms with Crippen molar-refractivity contribution in [2.45, 2.75) is 24.1 Å². The Morgan fingerprint density at radius 2 is 2.06 bits per heavy atom. The van der Waals surface area contributed by atoms with Crippen LogP contribution in [0.5, 0.6) is 0 Å². The Morgan fingerprint density at radius 3 is 2.56 bits per heavy atom. The molecule has 0 aromatic heterocycles. The van der Waals surface area contributed by atoms with Crippen LogP contribution >= 0.6 is 11.8 Å². The minimum Gasteiger partial charge on any atom is -0.329 e. The molecule has 0 aliphatic carbocycles. The molecule has 0 aromatic carbocycles. The number of piperazine rings is 1. The lowest BCUT2D eigenvalue weighted by atomic mass is 9.97. The van der Waals surface area contributed by atoms with Crippen LogP contribution in [-0.4, -0.2) is 66.2 Å². The quantitative estimate of drug-likeness (QED) is 0.729. The number of thioether (sulfide) groups is 1. The molecule has 4 nitrogen and oxygen atoms in total. The minimum atomic E-state index is 0.153. The summed E-state index contributed by atoms with van der Waals surface area (Å²) in [5, 5.41) is 3.11. The van der Waals surface area contributed by atoms with E-state index < -0.39 is 0 Å². The zero-order valence-electron chi connectivity index (χ0n) is 10.4. The van der Waals surface area contributed by atoms with Crippen LogP contribution < -0.4 is 11.2 Å². The summed E-state index contributed by atoms with van der Waals surface area (Å²) in [6.45, 7) is 7.56. The van der Waals surface area contributed by atoms with Gasteiger partial charge < -0.3 is 10.6 Å². The van der Waals surface area contributed by atoms with Crippen LogP contribution in [0.15, 0.2) is 0 Å². The van der Waals surface area contributed by atoms with Gasteiger partial charge in [-0.2, -0.15) is 11.8 Å². The Kier molecular flexibility index (Phi) is 4.13. The van der Waals surface area contributed by atoms with Crippen molar-refractivity contribution in [1.82, 2.24) is 15.3 Å². The van der Waals surface area contributed by atoms with E-state index in [-0.39, 0.29) is 5.54 Å². The van der Waals surface area contributed by atoms with E-state index in [1.54, 1.807) is 0 Å². The van der Waals surface area contributed by atoms with Gasteiger partial charge >= 0.3 is 0 Å². The second-order valence-electron chi connectivity index (χ2n) is 5.21. The second-order valence-corrected chi connectivity index (χ2v) is 6.64. The van der Waals surface area contributed by atoms with E-state index in [4.69, 9.17) is 5.73 Å². The zero-order valence-corrected chi connectivity index (χ0v) is 11.2. The summed E-state index contributed by atoms with van der Waals surface area (Å²) in [5.74, 6) is 1.15. The highest BCUT2D eigenvalue weighted by Gasteiger charge is 2.38. The van der Waals surface area contributed by atoms with Crippen molar-refractivity contribution in [2.24, 2.45) is 5.73 Å². The Hall–Kier alpha value is 0.190. The third kappa shape index (κ3) is 2.90. The van der Waals surface area contributed by atoms with Crippen molar-refractivity contribution >= 4 is 11.8 Å². The first kappa shape index (κ1) is 12.6. The number of hydrazine groups is 1. The highest BCUT2D eigenvalue weighted by atomic mass is 32.2. The first-order chi connectivity index (χ1) is 7.63. The molecule has 2 rings (SSSR count). The van der Waals surface area contributed by atoms with Crippen LogP contribution in [-0.2, 0) is 0 Å². The molecule has 0 amide bonds. The zero-order chi connectivity index (χ0) is 11.6. The fraction of sp³-hybridized carbons (Fsp3) is 1.00. The third-order valence-corrected chi connectivity index (χ3v) is 5.07. The van der Waals surface area contributed by atoms with Crippen LogP contribution in [0.2, 0.25) is 0 Å². The van der Waals surface area contributed by atoms with Crippen LogP contribution in [0.1, 0.15) is 13.3 Å². The standard InChI is InChI=1S/C11H24N4S/c1-10-7-11(8-12,9-16-10)13-15-5-3-14(2)4-6-15/h10,13H,3-9,12H2,1-2H3. The van der Waals surface area contributed by atoms with Gasteiger partial charge in [-0.15, -0.1) is 0 Å². The summed E-state index contributed by atoms with van der Waals surface area (Å²) < 4.78 is 0. The van der Waals surface area contributed by atoms with Gasteiger partial charge in [-0.05, 0) is 13.5 Å². The molecule has 0 radical (unpaired) electrons. The van der Waals surface area contributed by atoms with Gasteiger partial charge in [0.25, 0.3) is 0 Å². The van der Waals surface area contributed by atoms with Gasteiger partial charge in [0.15, 0.2) is 0 Å². The van der Waals surface area contributed by atoms with Crippen molar-refractivity contribution in [2.75, 3.05) is 45.5 Å². The van der Waals surface area contributed by atoms with E-state index in [0.717, 1.165) is 43.7 Å². The topological polar surface area (TPSA) is 44.5 Å². The molecule has 0 spiro atoms. The Labute approximate surface area is 103 Å². The van der Waals surface area contributed by atoms with Crippen molar-refractivity contribution in [3.8, 4) is 0 Å². The first-order valence-corrected chi connectivity index (χ1v) is 7.21. The second kappa shape index (κ2) is 5.23. The summed E-state index contributed by atoms with van der Waals surface area (Å²) >= 11 is 2.04. The molecule has 0 saturated carbocycles. The van der Waals surface area contributed by atoms with Crippen LogP contribution in [0.3, 0.4) is 0 Å². The van der Waals surface area contributed by atoms with Gasteiger partial charge in [-0.1, -0.05) is 6.92 Å². The molecule has 0 bridgehead atoms. The molecule has 2 atom stereocenters. The van der Waals surface area contributed by atoms with Crippen LogP contribution in [0.4, 0.5) is 0 Å². The maximum atomic E-state index is 5.96. The maximum Gasteiger partial charge on any atom is 0.0548 e. The molecule has 94 valence electrons. The summed E-state index contributed by atoms with van der Waals surface area (Å²) in [4.78, 5) is 2.37. The molecule has 5 heteroatoms. The molecule has 2 saturated heterocycles. The summed E-state index contributed by atoms with van der Waals surface area (Å²) in [6.07, 6.45) is 1.19. The highest BCUT2D eigenvalue weighted by Crippen LogP contribution is 2.33. The molecule has 0 aromatic rings. The molecule has 2 fully saturated rings. The normalized spacial score (nSPS) is 38.1. The Morgan fingerprint density at radius 1 is 1.38 bits per heavy atom. The molecule has 2 unspecified atom stereocenters. The first-order valence-electron chi connectivity index (χ1n) is 6.16. The molecule has 2 aliphatic rings. The summed E-state index contributed by atoms with van der Waals surface area (Å²) in [6, 6.07) is 0. The molecule has 16 heavy (non-hydrogen) atoms. The predicted molar refractivity (Wildman–Crippen MR) is 70.5 cm³/mol. The molecule has 2 aliphatic heterocycles. The fourth-order valence-corrected chi connectivity index (χ4v) is 3.83. The van der Waals surface area contributed by atoms with E-state index in [1.807, 2.05) is 11.8 Å². The lowest BCUT2D eigenvalue weighted by Gasteiger charge is -2.39. The number of likely N-dealkylation sites (N-methyl/N-ethyl adjacent to an activating group) is 1. The van der Waals surface area contributed by atoms with Crippen molar-refractivity contribution in [3.63, 3.8) is 0 Å². The van der Waals surface area contributed by atoms with Gasteiger partial charge in [0, 0.05) is 43.7 Å². The number of nitrogens with zero attached hydrogens (tertiary/aromatic N) is 2. The average molecular weight is 244 g/mol. The smallest absolute Gasteiger partial charge is 0.0548 e. The van der Waals surface area contributed by atoms with E-state index >= 15 is 0 Å². The monoisotopic (exact) mass is 244 g/mol. The van der Waals surface area contributed by atoms with Crippen molar-refractivity contribution < 1.29 is 0 Å². The van der Waals surface area contributed by atoms with Gasteiger partial charge in [-0.3, -0.25) is 0 Å². The lowest BCUT2D eigenvalue weighted by molar-refractivity contribution is 0.0617. The molecular weight excluding hydrogens is 220 g/mol. The van der Waals surface area contributed by atoms with Gasteiger partial charge in [-0.25, -0.2) is 10.4 Å². The number of rotatable bonds is 3. The van der Waals surface area contributed by atoms with Crippen molar-refractivity contribution in [3.05, 3.63) is 0 Å². The third-order valence-electron chi connectivity index (χ3n) is 3.61. The number of hydrogen-bond acceptors (Lipinski definition) is 5. The summed E-state index contributed by atoms with van der Waals surface area (Å²) in [7, 11) is 2.18. The van der Waals surface area contributed by atoms with Crippen LogP contribution in [0, 0.1) is 0 Å². The number of nitrogens with one attached hydrogen (secondary N) is 1. The van der Waals surface area contributed by atoms with Gasteiger partial charge in [0.1, 0.15) is 0 Å². The largest absolute Gasteiger partial charge is 0.329 e. The average Bonchev–Trinajstić information content (AvgIpc) is 2.64.